The number of aromatic nitrogens is 2. The molecule has 2 heterocycles. The molecule has 2 N–H and O–H groups in total. The quantitative estimate of drug-likeness (QED) is 0.543. The van der Waals surface area contributed by atoms with Crippen LogP contribution in [0.25, 0.3) is 0 Å². The van der Waals surface area contributed by atoms with Gasteiger partial charge in [-0.25, -0.2) is 4.68 Å². The van der Waals surface area contributed by atoms with E-state index in [4.69, 9.17) is 0 Å². The largest absolute Gasteiger partial charge is 0.505 e. The lowest BCUT2D eigenvalue weighted by Gasteiger charge is -2.20. The van der Waals surface area contributed by atoms with Gasteiger partial charge in [-0.05, 0) is 78.3 Å². The van der Waals surface area contributed by atoms with Gasteiger partial charge < -0.3 is 10.4 Å². The van der Waals surface area contributed by atoms with Gasteiger partial charge in [-0.3, -0.25) is 4.79 Å². The molecule has 0 bridgehead atoms. The topological polar surface area (TPSA) is 114 Å². The van der Waals surface area contributed by atoms with Crippen LogP contribution in [0.1, 0.15) is 44.4 Å². The maximum absolute atomic E-state index is 13.2. The van der Waals surface area contributed by atoms with Crippen molar-refractivity contribution >= 4 is 44.1 Å². The van der Waals surface area contributed by atoms with Crippen molar-refractivity contribution in [1.82, 2.24) is 9.78 Å². The van der Waals surface area contributed by atoms with Crippen molar-refractivity contribution in [3.63, 3.8) is 0 Å². The number of fused-ring (bicyclic) bond motifs is 1. The van der Waals surface area contributed by atoms with E-state index in [-0.39, 0.29) is 22.0 Å². The predicted octanol–water partition coefficient (Wildman–Crippen LogP) is 3.11. The standard InChI is InChI=1S/C20H23IN4O4S/c1-11(2)7-8-25-20(27)17(18(26)15(23-25)9-12-3-4-12)19-22-14-6-5-13(21)10-16(14)30(28,29)24-19/h5-6,10-12,26H,3-4,7-9H2,1-2H3,(H,22,24). The van der Waals surface area contributed by atoms with E-state index in [1.165, 1.54) is 10.7 Å². The second-order valence-electron chi connectivity index (χ2n) is 8.21. The van der Waals surface area contributed by atoms with E-state index in [1.54, 1.807) is 12.1 Å². The molecule has 160 valence electrons. The molecule has 2 aliphatic rings. The van der Waals surface area contributed by atoms with Gasteiger partial charge in [0.15, 0.2) is 11.6 Å². The zero-order valence-electron chi connectivity index (χ0n) is 16.7. The van der Waals surface area contributed by atoms with E-state index in [2.05, 4.69) is 28.7 Å². The zero-order valence-corrected chi connectivity index (χ0v) is 19.7. The van der Waals surface area contributed by atoms with Crippen molar-refractivity contribution in [2.45, 2.75) is 51.0 Å². The highest BCUT2D eigenvalue weighted by Crippen LogP contribution is 2.36. The maximum Gasteiger partial charge on any atom is 0.286 e. The lowest BCUT2D eigenvalue weighted by molar-refractivity contribution is 0.426. The number of anilines is 1. The molecule has 0 radical (unpaired) electrons. The summed E-state index contributed by atoms with van der Waals surface area (Å²) in [5.41, 5.74) is 0.0416. The molecule has 1 aliphatic carbocycles. The first kappa shape index (κ1) is 21.3. The molecule has 1 aromatic carbocycles. The third kappa shape index (κ3) is 4.25. The van der Waals surface area contributed by atoms with Gasteiger partial charge in [0.25, 0.3) is 15.6 Å². The van der Waals surface area contributed by atoms with Gasteiger partial charge in [-0.15, -0.1) is 4.40 Å². The van der Waals surface area contributed by atoms with Crippen LogP contribution in [0.15, 0.2) is 32.3 Å². The van der Waals surface area contributed by atoms with Crippen LogP contribution in [0.5, 0.6) is 5.75 Å². The summed E-state index contributed by atoms with van der Waals surface area (Å²) in [6, 6.07) is 4.91. The van der Waals surface area contributed by atoms with E-state index in [0.717, 1.165) is 22.8 Å². The van der Waals surface area contributed by atoms with Crippen LogP contribution in [0.4, 0.5) is 5.69 Å². The van der Waals surface area contributed by atoms with Crippen LogP contribution < -0.4 is 10.9 Å². The van der Waals surface area contributed by atoms with Gasteiger partial charge in [-0.1, -0.05) is 13.8 Å². The van der Waals surface area contributed by atoms with Crippen LogP contribution in [0, 0.1) is 15.4 Å². The first-order valence-electron chi connectivity index (χ1n) is 9.90. The van der Waals surface area contributed by atoms with Gasteiger partial charge >= 0.3 is 0 Å². The predicted molar refractivity (Wildman–Crippen MR) is 123 cm³/mol. The number of nitrogens with zero attached hydrogens (tertiary/aromatic N) is 3. The third-order valence-corrected chi connectivity index (χ3v) is 7.21. The summed E-state index contributed by atoms with van der Waals surface area (Å²) < 4.78 is 31.4. The van der Waals surface area contributed by atoms with Crippen molar-refractivity contribution in [3.05, 3.63) is 43.4 Å². The van der Waals surface area contributed by atoms with Gasteiger partial charge in [0.2, 0.25) is 0 Å². The Kier molecular flexibility index (Phi) is 5.64. The molecular weight excluding hydrogens is 519 g/mol. The van der Waals surface area contributed by atoms with Crippen molar-refractivity contribution < 1.29 is 13.5 Å². The molecule has 1 aliphatic heterocycles. The Morgan fingerprint density at radius 2 is 2.07 bits per heavy atom. The van der Waals surface area contributed by atoms with E-state index in [1.807, 2.05) is 22.6 Å². The number of benzene rings is 1. The molecule has 0 saturated heterocycles. The zero-order chi connectivity index (χ0) is 21.6. The Balaban J connectivity index is 1.85. The van der Waals surface area contributed by atoms with Crippen molar-refractivity contribution in [3.8, 4) is 5.75 Å². The maximum atomic E-state index is 13.2. The van der Waals surface area contributed by atoms with E-state index in [0.29, 0.717) is 36.2 Å². The summed E-state index contributed by atoms with van der Waals surface area (Å²) in [5.74, 6) is 0.342. The number of halogens is 1. The van der Waals surface area contributed by atoms with Crippen molar-refractivity contribution in [1.29, 1.82) is 0 Å². The fraction of sp³-hybridized carbons (Fsp3) is 0.450. The molecular formula is C20H23IN4O4S. The summed E-state index contributed by atoms with van der Waals surface area (Å²) in [6.07, 6.45) is 3.40. The second-order valence-corrected chi connectivity index (χ2v) is 11.0. The molecule has 1 saturated carbocycles. The number of hydrogen-bond acceptors (Lipinski definition) is 6. The van der Waals surface area contributed by atoms with Gasteiger partial charge in [0, 0.05) is 10.1 Å². The van der Waals surface area contributed by atoms with Crippen molar-refractivity contribution in [2.75, 3.05) is 5.32 Å². The monoisotopic (exact) mass is 542 g/mol. The summed E-state index contributed by atoms with van der Waals surface area (Å²) in [5, 5.41) is 18.2. The molecule has 0 amide bonds. The molecule has 0 unspecified atom stereocenters. The molecule has 1 aromatic heterocycles. The number of hydrogen-bond donors (Lipinski definition) is 2. The third-order valence-electron chi connectivity index (χ3n) is 5.22. The molecule has 1 fully saturated rings. The fourth-order valence-corrected chi connectivity index (χ4v) is 5.18. The summed E-state index contributed by atoms with van der Waals surface area (Å²) in [4.78, 5) is 13.2. The number of sulfonamides is 1. The number of aryl methyl sites for hydroxylation is 1. The molecule has 0 atom stereocenters. The summed E-state index contributed by atoms with van der Waals surface area (Å²) >= 11 is 2.03. The minimum absolute atomic E-state index is 0.0463. The first-order chi connectivity index (χ1) is 14.2. The lowest BCUT2D eigenvalue weighted by Crippen LogP contribution is -2.35. The number of rotatable bonds is 6. The highest BCUT2D eigenvalue weighted by atomic mass is 127. The normalized spacial score (nSPS) is 17.4. The Labute approximate surface area is 188 Å². The van der Waals surface area contributed by atoms with Crippen molar-refractivity contribution in [2.24, 2.45) is 16.2 Å². The fourth-order valence-electron chi connectivity index (χ4n) is 3.33. The molecule has 30 heavy (non-hydrogen) atoms. The van der Waals surface area contributed by atoms with E-state index >= 15 is 0 Å². The summed E-state index contributed by atoms with van der Waals surface area (Å²) in [7, 11) is -4.02. The average Bonchev–Trinajstić information content (AvgIpc) is 3.47. The lowest BCUT2D eigenvalue weighted by atomic mass is 10.1. The molecule has 4 rings (SSSR count). The van der Waals surface area contributed by atoms with Gasteiger partial charge in [-0.2, -0.15) is 13.5 Å². The molecule has 10 heteroatoms. The highest BCUT2D eigenvalue weighted by molar-refractivity contribution is 14.1. The Morgan fingerprint density at radius 1 is 1.33 bits per heavy atom. The number of aromatic hydroxyl groups is 1. The van der Waals surface area contributed by atoms with Crippen LogP contribution >= 0.6 is 22.6 Å². The molecule has 8 nitrogen and oxygen atoms in total. The summed E-state index contributed by atoms with van der Waals surface area (Å²) in [6.45, 7) is 4.49. The van der Waals surface area contributed by atoms with Crippen LogP contribution in [0.2, 0.25) is 0 Å². The Hall–Kier alpha value is -1.95. The molecule has 0 spiro atoms. The molecule has 2 aromatic rings. The van der Waals surface area contributed by atoms with Crippen LogP contribution in [0.3, 0.4) is 0 Å². The average molecular weight is 542 g/mol. The van der Waals surface area contributed by atoms with Crippen LogP contribution in [-0.2, 0) is 23.0 Å². The van der Waals surface area contributed by atoms with Gasteiger partial charge in [0.05, 0.1) is 5.69 Å². The van der Waals surface area contributed by atoms with E-state index < -0.39 is 15.6 Å². The van der Waals surface area contributed by atoms with E-state index in [9.17, 15) is 18.3 Å². The van der Waals surface area contributed by atoms with Crippen LogP contribution in [-0.4, -0.2) is 29.1 Å². The number of amidine groups is 1. The smallest absolute Gasteiger partial charge is 0.286 e. The first-order valence-corrected chi connectivity index (χ1v) is 12.4. The SMILES string of the molecule is CC(C)CCn1nc(CC2CC2)c(O)c(C2=NS(=O)(=O)c3cc(I)ccc3N2)c1=O. The Bertz CT molecular complexity index is 1200. The minimum Gasteiger partial charge on any atom is -0.505 e. The Morgan fingerprint density at radius 3 is 2.73 bits per heavy atom. The highest BCUT2D eigenvalue weighted by Gasteiger charge is 2.32. The minimum atomic E-state index is -4.02. The number of nitrogens with one attached hydrogen (secondary N) is 1. The van der Waals surface area contributed by atoms with Gasteiger partial charge in [0.1, 0.15) is 16.2 Å². The second kappa shape index (κ2) is 7.95.